The molecule has 44 heavy (non-hydrogen) atoms. The van der Waals surface area contributed by atoms with Crippen LogP contribution in [-0.4, -0.2) is 55.2 Å². The number of hydrogen-bond donors (Lipinski definition) is 1. The zero-order chi connectivity index (χ0) is 31.5. The van der Waals surface area contributed by atoms with Crippen LogP contribution in [-0.2, 0) is 15.4 Å². The van der Waals surface area contributed by atoms with Crippen LogP contribution in [0.15, 0.2) is 53.4 Å². The fourth-order valence-electron chi connectivity index (χ4n) is 6.64. The number of sulfonamides is 1. The van der Waals surface area contributed by atoms with Gasteiger partial charge in [0.25, 0.3) is 10.0 Å². The van der Waals surface area contributed by atoms with Crippen LogP contribution in [0.5, 0.6) is 5.88 Å². The van der Waals surface area contributed by atoms with E-state index in [1.165, 1.54) is 0 Å². The molecular formula is C33H39F3N4O3S. The Morgan fingerprint density at radius 2 is 1.82 bits per heavy atom. The first-order chi connectivity index (χ1) is 20.7. The van der Waals surface area contributed by atoms with Crippen molar-refractivity contribution in [2.45, 2.75) is 88.2 Å². The van der Waals surface area contributed by atoms with E-state index in [-0.39, 0.29) is 54.6 Å². The van der Waals surface area contributed by atoms with Crippen molar-refractivity contribution < 1.29 is 26.3 Å². The minimum absolute atomic E-state index is 0.0343. The highest BCUT2D eigenvalue weighted by Crippen LogP contribution is 2.60. The third-order valence-electron chi connectivity index (χ3n) is 9.47. The Bertz CT molecular complexity index is 1670. The molecule has 7 nitrogen and oxygen atoms in total. The summed E-state index contributed by atoms with van der Waals surface area (Å²) in [6, 6.07) is 14.5. The van der Waals surface area contributed by atoms with Gasteiger partial charge in [-0.15, -0.1) is 0 Å². The van der Waals surface area contributed by atoms with Crippen molar-refractivity contribution in [2.75, 3.05) is 24.4 Å². The molecule has 2 atom stereocenters. The number of piperidine rings is 1. The third kappa shape index (κ3) is 5.92. The molecule has 3 aromatic rings. The maximum Gasteiger partial charge on any atom is 0.394 e. The van der Waals surface area contributed by atoms with E-state index in [9.17, 15) is 21.6 Å². The highest BCUT2D eigenvalue weighted by atomic mass is 32.2. The molecule has 236 valence electrons. The minimum Gasteiger partial charge on any atom is -0.476 e. The standard InChI is InChI=1S/C33H39F3N4O3S/c1-21-8-5-6-11-26(21)28-27(31(2,3)4)29-38-30(37-28)39-44(41,42)25-10-7-9-22(19-25)23-12-16-40(24(18-23)20-43-29)17-15-32(13-14-32)33(34,35)36/h5-11,19,23-24H,12-18,20H2,1-4H3,(H,37,38,39). The fraction of sp³-hybridized carbons (Fsp3) is 0.515. The number of hydrogen-bond acceptors (Lipinski definition) is 6. The largest absolute Gasteiger partial charge is 0.476 e. The van der Waals surface area contributed by atoms with Gasteiger partial charge in [0.1, 0.15) is 6.61 Å². The van der Waals surface area contributed by atoms with Gasteiger partial charge < -0.3 is 4.74 Å². The third-order valence-corrected chi connectivity index (χ3v) is 10.8. The van der Waals surface area contributed by atoms with Crippen LogP contribution < -0.4 is 9.46 Å². The molecule has 6 rings (SSSR count). The van der Waals surface area contributed by atoms with Gasteiger partial charge in [-0.1, -0.05) is 57.2 Å². The second-order valence-corrected chi connectivity index (χ2v) is 15.3. The number of benzene rings is 2. The van der Waals surface area contributed by atoms with Crippen LogP contribution >= 0.6 is 0 Å². The molecule has 3 aliphatic rings. The van der Waals surface area contributed by atoms with Gasteiger partial charge in [0, 0.05) is 17.2 Å². The van der Waals surface area contributed by atoms with Crippen molar-refractivity contribution in [1.29, 1.82) is 0 Å². The van der Waals surface area contributed by atoms with Gasteiger partial charge in [-0.25, -0.2) is 18.1 Å². The number of alkyl halides is 3. The average Bonchev–Trinajstić information content (AvgIpc) is 3.76. The quantitative estimate of drug-likeness (QED) is 0.329. The highest BCUT2D eigenvalue weighted by Gasteiger charge is 2.62. The number of likely N-dealkylation sites (tertiary alicyclic amines) is 1. The van der Waals surface area contributed by atoms with Crippen LogP contribution in [0.4, 0.5) is 19.1 Å². The van der Waals surface area contributed by atoms with Gasteiger partial charge in [0.2, 0.25) is 11.8 Å². The molecule has 0 amide bonds. The lowest BCUT2D eigenvalue weighted by atomic mass is 9.83. The lowest BCUT2D eigenvalue weighted by Crippen LogP contribution is -2.46. The van der Waals surface area contributed by atoms with Gasteiger partial charge in [-0.05, 0) is 86.7 Å². The van der Waals surface area contributed by atoms with Crippen molar-refractivity contribution in [3.8, 4) is 17.1 Å². The van der Waals surface area contributed by atoms with Crippen molar-refractivity contribution in [3.63, 3.8) is 0 Å². The van der Waals surface area contributed by atoms with Crippen LogP contribution in [0, 0.1) is 12.3 Å². The molecule has 0 radical (unpaired) electrons. The average molecular weight is 629 g/mol. The predicted molar refractivity (Wildman–Crippen MR) is 163 cm³/mol. The summed E-state index contributed by atoms with van der Waals surface area (Å²) in [7, 11) is -4.03. The van der Waals surface area contributed by atoms with Crippen molar-refractivity contribution >= 4 is 16.0 Å². The molecule has 11 heteroatoms. The maximum absolute atomic E-state index is 13.8. The number of rotatable bonds is 4. The van der Waals surface area contributed by atoms with Gasteiger partial charge in [0.05, 0.1) is 16.0 Å². The molecule has 2 aliphatic heterocycles. The molecule has 1 aliphatic carbocycles. The number of ether oxygens (including phenoxy) is 1. The zero-order valence-electron chi connectivity index (χ0n) is 25.5. The van der Waals surface area contributed by atoms with Crippen LogP contribution in [0.2, 0.25) is 0 Å². The summed E-state index contributed by atoms with van der Waals surface area (Å²) < 4.78 is 77.8. The number of anilines is 1. The van der Waals surface area contributed by atoms with Crippen LogP contribution in [0.3, 0.4) is 0 Å². The Morgan fingerprint density at radius 3 is 2.50 bits per heavy atom. The maximum atomic E-state index is 13.8. The van der Waals surface area contributed by atoms with Crippen LogP contribution in [0.1, 0.15) is 75.5 Å². The highest BCUT2D eigenvalue weighted by molar-refractivity contribution is 7.92. The van der Waals surface area contributed by atoms with E-state index in [2.05, 4.69) is 14.6 Å². The smallest absolute Gasteiger partial charge is 0.394 e. The van der Waals surface area contributed by atoms with E-state index >= 15 is 0 Å². The number of nitrogens with zero attached hydrogens (tertiary/aromatic N) is 3. The molecule has 0 spiro atoms. The second-order valence-electron chi connectivity index (χ2n) is 13.6. The van der Waals surface area contributed by atoms with Crippen LogP contribution in [0.25, 0.3) is 11.3 Å². The molecule has 1 N–H and O–H groups in total. The number of aryl methyl sites for hydroxylation is 1. The van der Waals surface area contributed by atoms with E-state index < -0.39 is 27.0 Å². The molecule has 3 heterocycles. The van der Waals surface area contributed by atoms with Crippen molar-refractivity contribution in [2.24, 2.45) is 5.41 Å². The van der Waals surface area contributed by atoms with E-state index in [0.29, 0.717) is 31.6 Å². The molecule has 1 saturated heterocycles. The van der Waals surface area contributed by atoms with Gasteiger partial charge in [-0.2, -0.15) is 18.2 Å². The predicted octanol–water partition coefficient (Wildman–Crippen LogP) is 7.22. The molecule has 1 aromatic heterocycles. The first-order valence-electron chi connectivity index (χ1n) is 15.2. The van der Waals surface area contributed by atoms with E-state index in [1.807, 2.05) is 58.0 Å². The monoisotopic (exact) mass is 628 g/mol. The first kappa shape index (κ1) is 30.8. The normalized spacial score (nSPS) is 22.9. The Kier molecular flexibility index (Phi) is 7.72. The Morgan fingerprint density at radius 1 is 1.07 bits per heavy atom. The summed E-state index contributed by atoms with van der Waals surface area (Å²) >= 11 is 0. The number of fused-ring (bicyclic) bond motifs is 7. The van der Waals surface area contributed by atoms with Gasteiger partial charge in [-0.3, -0.25) is 4.90 Å². The number of nitrogens with one attached hydrogen (secondary N) is 1. The summed E-state index contributed by atoms with van der Waals surface area (Å²) in [6.45, 7) is 9.17. The second kappa shape index (κ2) is 11.0. The van der Waals surface area contributed by atoms with Crippen molar-refractivity contribution in [1.82, 2.24) is 14.9 Å². The van der Waals surface area contributed by atoms with Crippen molar-refractivity contribution in [3.05, 3.63) is 65.2 Å². The molecule has 2 aromatic carbocycles. The SMILES string of the molecule is Cc1ccccc1-c1nc2nc(c1C(C)(C)C)OCC1CC(CCN1CCC1(C(F)(F)F)CC1)c1cccc(c1)S(=O)(=O)N2. The van der Waals surface area contributed by atoms with E-state index in [1.54, 1.807) is 18.2 Å². The lowest BCUT2D eigenvalue weighted by Gasteiger charge is -2.40. The Hall–Kier alpha value is -3.18. The summed E-state index contributed by atoms with van der Waals surface area (Å²) in [5.41, 5.74) is 1.92. The lowest BCUT2D eigenvalue weighted by molar-refractivity contribution is -0.190. The fourth-order valence-corrected chi connectivity index (χ4v) is 7.64. The summed E-state index contributed by atoms with van der Waals surface area (Å²) in [5, 5.41) is 0. The summed E-state index contributed by atoms with van der Waals surface area (Å²) in [5.74, 6) is 0.203. The van der Waals surface area contributed by atoms with Gasteiger partial charge in [0.15, 0.2) is 0 Å². The minimum atomic E-state index is -4.20. The molecule has 6 bridgehead atoms. The molecular weight excluding hydrogens is 589 g/mol. The Labute approximate surface area is 257 Å². The summed E-state index contributed by atoms with van der Waals surface area (Å²) in [6.07, 6.45) is -2.42. The Balaban J connectivity index is 1.45. The van der Waals surface area contributed by atoms with E-state index in [0.717, 1.165) is 22.3 Å². The van der Waals surface area contributed by atoms with Gasteiger partial charge >= 0.3 is 6.18 Å². The zero-order valence-corrected chi connectivity index (χ0v) is 26.4. The molecule has 1 saturated carbocycles. The van der Waals surface area contributed by atoms with E-state index in [4.69, 9.17) is 9.72 Å². The first-order valence-corrected chi connectivity index (χ1v) is 16.7. The number of halogens is 3. The number of aromatic nitrogens is 2. The topological polar surface area (TPSA) is 84.4 Å². The molecule has 2 fully saturated rings. The molecule has 2 unspecified atom stereocenters. The summed E-state index contributed by atoms with van der Waals surface area (Å²) in [4.78, 5) is 11.6.